The average molecular weight is 338 g/mol. The molecule has 0 aliphatic heterocycles. The molecule has 3 rings (SSSR count). The van der Waals surface area contributed by atoms with Gasteiger partial charge in [-0.05, 0) is 48.9 Å². The topological polar surface area (TPSA) is 35.5 Å². The third kappa shape index (κ3) is 3.22. The zero-order valence-corrected chi connectivity index (χ0v) is 14.6. The van der Waals surface area contributed by atoms with Gasteiger partial charge in [0.15, 0.2) is 11.5 Å². The van der Waals surface area contributed by atoms with Crippen LogP contribution in [-0.4, -0.2) is 7.11 Å². The van der Waals surface area contributed by atoms with Crippen LogP contribution in [0.2, 0.25) is 0 Å². The molecule has 0 aromatic heterocycles. The maximum Gasteiger partial charge on any atom is 0.306 e. The first-order valence-corrected chi connectivity index (χ1v) is 9.31. The predicted molar refractivity (Wildman–Crippen MR) is 98.1 cm³/mol. The van der Waals surface area contributed by atoms with Crippen molar-refractivity contribution in [2.45, 2.75) is 6.92 Å². The fourth-order valence-corrected chi connectivity index (χ4v) is 4.56. The van der Waals surface area contributed by atoms with Gasteiger partial charge in [0, 0.05) is 0 Å². The van der Waals surface area contributed by atoms with Gasteiger partial charge in [-0.25, -0.2) is 0 Å². The first-order valence-electron chi connectivity index (χ1n) is 7.69. The molecule has 0 amide bonds. The van der Waals surface area contributed by atoms with Gasteiger partial charge in [-0.3, -0.25) is 4.57 Å². The van der Waals surface area contributed by atoms with Gasteiger partial charge in [-0.15, -0.1) is 0 Å². The molecule has 3 aromatic rings. The van der Waals surface area contributed by atoms with Crippen LogP contribution in [0, 0.1) is 6.92 Å². The zero-order chi connectivity index (χ0) is 17.0. The largest absolute Gasteiger partial charge is 0.493 e. The average Bonchev–Trinajstić information content (AvgIpc) is 2.64. The van der Waals surface area contributed by atoms with E-state index in [1.54, 1.807) is 13.2 Å². The van der Waals surface area contributed by atoms with Gasteiger partial charge in [-0.1, -0.05) is 42.5 Å². The van der Waals surface area contributed by atoms with Crippen molar-refractivity contribution in [3.8, 4) is 11.5 Å². The summed E-state index contributed by atoms with van der Waals surface area (Å²) in [6, 6.07) is 24.1. The molecule has 0 aliphatic rings. The van der Waals surface area contributed by atoms with Crippen LogP contribution in [0.25, 0.3) is 0 Å². The van der Waals surface area contributed by atoms with E-state index in [9.17, 15) is 4.57 Å². The van der Waals surface area contributed by atoms with Crippen LogP contribution < -0.4 is 19.9 Å². The molecule has 0 heterocycles. The summed E-state index contributed by atoms with van der Waals surface area (Å²) in [6.45, 7) is 1.97. The minimum Gasteiger partial charge on any atom is -0.493 e. The Morgan fingerprint density at radius 2 is 1.29 bits per heavy atom. The lowest BCUT2D eigenvalue weighted by Gasteiger charge is -2.21. The Kier molecular flexibility index (Phi) is 4.73. The van der Waals surface area contributed by atoms with Crippen molar-refractivity contribution in [1.82, 2.24) is 0 Å². The molecule has 0 radical (unpaired) electrons. The highest BCUT2D eigenvalue weighted by Gasteiger charge is 2.31. The van der Waals surface area contributed by atoms with Crippen molar-refractivity contribution in [2.24, 2.45) is 0 Å². The summed E-state index contributed by atoms with van der Waals surface area (Å²) < 4.78 is 25.3. The van der Waals surface area contributed by atoms with E-state index in [0.29, 0.717) is 22.1 Å². The summed E-state index contributed by atoms with van der Waals surface area (Å²) in [7, 11) is -1.70. The molecule has 0 unspecified atom stereocenters. The molecular weight excluding hydrogens is 319 g/mol. The fourth-order valence-electron chi connectivity index (χ4n) is 2.49. The Morgan fingerprint density at radius 1 is 0.750 bits per heavy atom. The molecule has 0 bridgehead atoms. The number of hydrogen-bond donors (Lipinski definition) is 0. The summed E-state index contributed by atoms with van der Waals surface area (Å²) in [6.07, 6.45) is 0. The van der Waals surface area contributed by atoms with E-state index >= 15 is 0 Å². The van der Waals surface area contributed by atoms with E-state index in [1.165, 1.54) is 0 Å². The Bertz CT molecular complexity index is 817. The van der Waals surface area contributed by atoms with Crippen LogP contribution in [0.3, 0.4) is 0 Å². The highest BCUT2D eigenvalue weighted by atomic mass is 31.2. The smallest absolute Gasteiger partial charge is 0.306 e. The van der Waals surface area contributed by atoms with Gasteiger partial charge < -0.3 is 9.26 Å². The van der Waals surface area contributed by atoms with Crippen molar-refractivity contribution in [3.05, 3.63) is 84.4 Å². The van der Waals surface area contributed by atoms with Crippen molar-refractivity contribution < 1.29 is 13.8 Å². The van der Waals surface area contributed by atoms with Crippen LogP contribution in [0.4, 0.5) is 0 Å². The number of rotatable bonds is 5. The molecule has 0 N–H and O–H groups in total. The fraction of sp³-hybridized carbons (Fsp3) is 0.100. The van der Waals surface area contributed by atoms with E-state index in [1.807, 2.05) is 79.7 Å². The van der Waals surface area contributed by atoms with E-state index in [4.69, 9.17) is 9.26 Å². The predicted octanol–water partition coefficient (Wildman–Crippen LogP) is 4.31. The van der Waals surface area contributed by atoms with E-state index in [0.717, 1.165) is 5.56 Å². The van der Waals surface area contributed by atoms with Crippen LogP contribution in [-0.2, 0) is 4.57 Å². The van der Waals surface area contributed by atoms with Gasteiger partial charge in [0.1, 0.15) is 0 Å². The van der Waals surface area contributed by atoms with Gasteiger partial charge in [0.05, 0.1) is 17.7 Å². The molecular formula is C20H19O3P. The zero-order valence-electron chi connectivity index (χ0n) is 13.7. The van der Waals surface area contributed by atoms with E-state index in [2.05, 4.69) is 0 Å². The van der Waals surface area contributed by atoms with Crippen LogP contribution >= 0.6 is 7.37 Å². The molecule has 0 saturated carbocycles. The first-order chi connectivity index (χ1) is 11.6. The van der Waals surface area contributed by atoms with Crippen molar-refractivity contribution in [1.29, 1.82) is 0 Å². The van der Waals surface area contributed by atoms with Crippen LogP contribution in [0.1, 0.15) is 5.56 Å². The molecule has 3 nitrogen and oxygen atoms in total. The standard InChI is InChI=1S/C20H19O3P/c1-16-13-14-19(20(15-16)22-2)23-24(21,17-9-5-3-6-10-17)18-11-7-4-8-12-18/h3-15H,1-2H3. The van der Waals surface area contributed by atoms with Gasteiger partial charge >= 0.3 is 7.37 Å². The second kappa shape index (κ2) is 6.94. The number of benzene rings is 3. The lowest BCUT2D eigenvalue weighted by molar-refractivity contribution is 0.392. The highest BCUT2D eigenvalue weighted by Crippen LogP contribution is 2.47. The van der Waals surface area contributed by atoms with Gasteiger partial charge in [0.25, 0.3) is 0 Å². The maximum absolute atomic E-state index is 13.9. The van der Waals surface area contributed by atoms with Gasteiger partial charge in [0.2, 0.25) is 0 Å². The van der Waals surface area contributed by atoms with E-state index in [-0.39, 0.29) is 0 Å². The van der Waals surface area contributed by atoms with Crippen LogP contribution in [0.5, 0.6) is 11.5 Å². The Balaban J connectivity index is 2.12. The second-order valence-electron chi connectivity index (χ2n) is 5.47. The maximum atomic E-state index is 13.9. The van der Waals surface area contributed by atoms with Crippen molar-refractivity contribution >= 4 is 18.0 Å². The SMILES string of the molecule is COc1cc(C)ccc1OP(=O)(c1ccccc1)c1ccccc1. The molecule has 0 aliphatic carbocycles. The molecule has 3 aromatic carbocycles. The van der Waals surface area contributed by atoms with Crippen molar-refractivity contribution in [2.75, 3.05) is 7.11 Å². The highest BCUT2D eigenvalue weighted by molar-refractivity contribution is 7.74. The molecule has 4 heteroatoms. The third-order valence-electron chi connectivity index (χ3n) is 3.74. The molecule has 0 fully saturated rings. The number of ether oxygens (including phenoxy) is 1. The monoisotopic (exact) mass is 338 g/mol. The summed E-state index contributed by atoms with van der Waals surface area (Å²) in [5.41, 5.74) is 1.05. The third-order valence-corrected chi connectivity index (χ3v) is 6.15. The summed E-state index contributed by atoms with van der Waals surface area (Å²) in [5, 5.41) is 1.30. The summed E-state index contributed by atoms with van der Waals surface area (Å²) >= 11 is 0. The summed E-state index contributed by atoms with van der Waals surface area (Å²) in [4.78, 5) is 0. The molecule has 24 heavy (non-hydrogen) atoms. The van der Waals surface area contributed by atoms with Crippen molar-refractivity contribution in [3.63, 3.8) is 0 Å². The Hall–Kier alpha value is -2.51. The molecule has 0 spiro atoms. The molecule has 122 valence electrons. The minimum atomic E-state index is -3.28. The van der Waals surface area contributed by atoms with Gasteiger partial charge in [-0.2, -0.15) is 0 Å². The summed E-state index contributed by atoms with van der Waals surface area (Å²) in [5.74, 6) is 1.04. The number of aryl methyl sites for hydroxylation is 1. The molecule has 0 atom stereocenters. The lowest BCUT2D eigenvalue weighted by atomic mass is 10.2. The Morgan fingerprint density at radius 3 is 1.79 bits per heavy atom. The lowest BCUT2D eigenvalue weighted by Crippen LogP contribution is -2.20. The number of hydrogen-bond acceptors (Lipinski definition) is 3. The van der Waals surface area contributed by atoms with E-state index < -0.39 is 7.37 Å². The Labute approximate surface area is 142 Å². The second-order valence-corrected chi connectivity index (χ2v) is 7.79. The minimum absolute atomic E-state index is 0.471. The quantitative estimate of drug-likeness (QED) is 0.650. The van der Waals surface area contributed by atoms with Crippen LogP contribution in [0.15, 0.2) is 78.9 Å². The number of methoxy groups -OCH3 is 1. The normalized spacial score (nSPS) is 11.1. The first kappa shape index (κ1) is 16.4. The molecule has 0 saturated heterocycles.